The summed E-state index contributed by atoms with van der Waals surface area (Å²) in [5.74, 6) is 0.367. The summed E-state index contributed by atoms with van der Waals surface area (Å²) in [6.45, 7) is 0. The van der Waals surface area contributed by atoms with Crippen LogP contribution in [-0.4, -0.2) is 26.2 Å². The van der Waals surface area contributed by atoms with Gasteiger partial charge in [0.15, 0.2) is 0 Å². The molecule has 2 aromatic rings. The summed E-state index contributed by atoms with van der Waals surface area (Å²) in [4.78, 5) is 23.5. The Morgan fingerprint density at radius 3 is 2.28 bits per heavy atom. The Balaban J connectivity index is 1.84. The van der Waals surface area contributed by atoms with E-state index in [1.165, 1.54) is 7.11 Å². The van der Waals surface area contributed by atoms with E-state index in [0.717, 1.165) is 11.3 Å². The quantitative estimate of drug-likeness (QED) is 0.632. The molecule has 1 aliphatic heterocycles. The van der Waals surface area contributed by atoms with Crippen molar-refractivity contribution in [2.75, 3.05) is 14.2 Å². The lowest BCUT2D eigenvalue weighted by Gasteiger charge is -2.03. The molecule has 0 N–H and O–H groups in total. The third-order valence-electron chi connectivity index (χ3n) is 3.75. The first kappa shape index (κ1) is 16.5. The van der Waals surface area contributed by atoms with E-state index >= 15 is 0 Å². The number of ether oxygens (including phenoxy) is 3. The predicted molar refractivity (Wildman–Crippen MR) is 92.8 cm³/mol. The van der Waals surface area contributed by atoms with Crippen LogP contribution in [0.25, 0.3) is 11.8 Å². The van der Waals surface area contributed by atoms with Gasteiger partial charge in [0.2, 0.25) is 0 Å². The van der Waals surface area contributed by atoms with Gasteiger partial charge < -0.3 is 14.2 Å². The highest BCUT2D eigenvalue weighted by Crippen LogP contribution is 2.28. The van der Waals surface area contributed by atoms with Crippen molar-refractivity contribution in [3.8, 4) is 5.75 Å². The summed E-state index contributed by atoms with van der Waals surface area (Å²) in [7, 11) is 2.93. The largest absolute Gasteiger partial charge is 0.497 e. The first-order valence-corrected chi connectivity index (χ1v) is 7.59. The van der Waals surface area contributed by atoms with Crippen LogP contribution in [0.4, 0.5) is 0 Å². The molecule has 0 unspecified atom stereocenters. The zero-order valence-corrected chi connectivity index (χ0v) is 13.8. The first-order chi connectivity index (χ1) is 12.1. The molecule has 0 amide bonds. The average molecular weight is 336 g/mol. The predicted octanol–water partition coefficient (Wildman–Crippen LogP) is 3.46. The lowest BCUT2D eigenvalue weighted by molar-refractivity contribution is -0.130. The van der Waals surface area contributed by atoms with Gasteiger partial charge >= 0.3 is 11.9 Å². The van der Waals surface area contributed by atoms with Crippen molar-refractivity contribution in [3.63, 3.8) is 0 Å². The van der Waals surface area contributed by atoms with Crippen LogP contribution in [0.5, 0.6) is 5.75 Å². The van der Waals surface area contributed by atoms with Crippen LogP contribution in [-0.2, 0) is 14.3 Å². The molecule has 0 bridgehead atoms. The number of cyclic esters (lactones) is 1. The van der Waals surface area contributed by atoms with E-state index < -0.39 is 11.9 Å². The molecule has 0 radical (unpaired) electrons. The van der Waals surface area contributed by atoms with E-state index in [1.54, 1.807) is 43.5 Å². The van der Waals surface area contributed by atoms with E-state index in [9.17, 15) is 9.59 Å². The highest BCUT2D eigenvalue weighted by molar-refractivity contribution is 6.05. The monoisotopic (exact) mass is 336 g/mol. The zero-order valence-electron chi connectivity index (χ0n) is 13.8. The Labute approximate surface area is 145 Å². The second-order valence-electron chi connectivity index (χ2n) is 5.34. The fourth-order valence-corrected chi connectivity index (χ4v) is 2.40. The Morgan fingerprint density at radius 1 is 1.00 bits per heavy atom. The molecule has 25 heavy (non-hydrogen) atoms. The molecule has 3 rings (SSSR count). The van der Waals surface area contributed by atoms with E-state index in [0.29, 0.717) is 22.5 Å². The molecule has 0 spiro atoms. The summed E-state index contributed by atoms with van der Waals surface area (Å²) in [5.41, 5.74) is 2.47. The van der Waals surface area contributed by atoms with Crippen molar-refractivity contribution in [3.05, 3.63) is 76.9 Å². The number of hydrogen-bond donors (Lipinski definition) is 0. The normalized spacial score (nSPS) is 14.9. The molecule has 0 aliphatic carbocycles. The van der Waals surface area contributed by atoms with Crippen LogP contribution >= 0.6 is 0 Å². The zero-order chi connectivity index (χ0) is 17.8. The van der Waals surface area contributed by atoms with Crippen molar-refractivity contribution in [2.24, 2.45) is 0 Å². The number of rotatable bonds is 4. The SMILES string of the molecule is COC(=O)c1ccc(C2=C/C(=C\c3ccc(OC)cc3)C(=O)O2)cc1. The van der Waals surface area contributed by atoms with Gasteiger partial charge in [0.25, 0.3) is 0 Å². The number of benzene rings is 2. The number of methoxy groups -OCH3 is 2. The summed E-state index contributed by atoms with van der Waals surface area (Å²) >= 11 is 0. The Morgan fingerprint density at radius 2 is 1.68 bits per heavy atom. The van der Waals surface area contributed by atoms with Crippen molar-refractivity contribution in [1.29, 1.82) is 0 Å². The molecule has 0 fully saturated rings. The van der Waals surface area contributed by atoms with Gasteiger partial charge in [-0.1, -0.05) is 24.3 Å². The molecule has 0 saturated heterocycles. The Bertz CT molecular complexity index is 858. The van der Waals surface area contributed by atoms with Crippen LogP contribution in [0, 0.1) is 0 Å². The maximum atomic E-state index is 12.1. The van der Waals surface area contributed by atoms with Gasteiger partial charge in [0.05, 0.1) is 25.4 Å². The summed E-state index contributed by atoms with van der Waals surface area (Å²) in [5, 5.41) is 0. The molecule has 5 nitrogen and oxygen atoms in total. The van der Waals surface area contributed by atoms with Gasteiger partial charge in [-0.25, -0.2) is 9.59 Å². The standard InChI is InChI=1S/C20H16O5/c1-23-17-9-3-13(4-10-17)11-16-12-18(25-20(16)22)14-5-7-15(8-6-14)19(21)24-2/h3-12H,1-2H3/b16-11+. The van der Waals surface area contributed by atoms with E-state index in [-0.39, 0.29) is 0 Å². The Kier molecular flexibility index (Phi) is 4.66. The molecule has 5 heteroatoms. The van der Waals surface area contributed by atoms with Gasteiger partial charge in [-0.2, -0.15) is 0 Å². The van der Waals surface area contributed by atoms with Crippen molar-refractivity contribution >= 4 is 23.8 Å². The minimum Gasteiger partial charge on any atom is -0.497 e. The second kappa shape index (κ2) is 7.05. The molecule has 1 heterocycles. The van der Waals surface area contributed by atoms with Gasteiger partial charge in [0.1, 0.15) is 11.5 Å². The highest BCUT2D eigenvalue weighted by Gasteiger charge is 2.22. The molecule has 2 aromatic carbocycles. The fourth-order valence-electron chi connectivity index (χ4n) is 2.40. The van der Waals surface area contributed by atoms with Crippen LogP contribution in [0.3, 0.4) is 0 Å². The second-order valence-corrected chi connectivity index (χ2v) is 5.34. The van der Waals surface area contributed by atoms with E-state index in [4.69, 9.17) is 9.47 Å². The lowest BCUT2D eigenvalue weighted by Crippen LogP contribution is -2.01. The van der Waals surface area contributed by atoms with Crippen LogP contribution < -0.4 is 4.74 Å². The third kappa shape index (κ3) is 3.61. The molecule has 0 atom stereocenters. The Hall–Kier alpha value is -3.34. The number of hydrogen-bond acceptors (Lipinski definition) is 5. The third-order valence-corrected chi connectivity index (χ3v) is 3.75. The molecular weight excluding hydrogens is 320 g/mol. The van der Waals surface area contributed by atoms with Gasteiger partial charge in [-0.05, 0) is 42.0 Å². The van der Waals surface area contributed by atoms with E-state index in [2.05, 4.69) is 4.74 Å². The van der Waals surface area contributed by atoms with Crippen molar-refractivity contribution < 1.29 is 23.8 Å². The number of esters is 2. The number of carbonyl (C=O) groups is 2. The molecule has 1 aliphatic rings. The molecular formula is C20H16O5. The molecule has 0 aromatic heterocycles. The van der Waals surface area contributed by atoms with Gasteiger partial charge in [-0.15, -0.1) is 0 Å². The lowest BCUT2D eigenvalue weighted by atomic mass is 10.1. The summed E-state index contributed by atoms with van der Waals surface area (Å²) in [6.07, 6.45) is 3.43. The highest BCUT2D eigenvalue weighted by atomic mass is 16.5. The van der Waals surface area contributed by atoms with Crippen LogP contribution in [0.1, 0.15) is 21.5 Å². The summed E-state index contributed by atoms with van der Waals surface area (Å²) in [6, 6.07) is 14.0. The maximum absolute atomic E-state index is 12.1. The smallest absolute Gasteiger partial charge is 0.343 e. The topological polar surface area (TPSA) is 61.8 Å². The first-order valence-electron chi connectivity index (χ1n) is 7.59. The average Bonchev–Trinajstić information content (AvgIpc) is 3.02. The van der Waals surface area contributed by atoms with Crippen molar-refractivity contribution in [2.45, 2.75) is 0 Å². The van der Waals surface area contributed by atoms with Crippen molar-refractivity contribution in [1.82, 2.24) is 0 Å². The van der Waals surface area contributed by atoms with Crippen LogP contribution in [0.2, 0.25) is 0 Å². The number of carbonyl (C=O) groups excluding carboxylic acids is 2. The summed E-state index contributed by atoms with van der Waals surface area (Å²) < 4.78 is 15.1. The van der Waals surface area contributed by atoms with Gasteiger partial charge in [0, 0.05) is 5.56 Å². The van der Waals surface area contributed by atoms with Gasteiger partial charge in [-0.3, -0.25) is 0 Å². The minimum absolute atomic E-state index is 0.413. The fraction of sp³-hybridized carbons (Fsp3) is 0.100. The maximum Gasteiger partial charge on any atom is 0.343 e. The molecule has 0 saturated carbocycles. The van der Waals surface area contributed by atoms with E-state index in [1.807, 2.05) is 24.3 Å². The minimum atomic E-state index is -0.414. The molecule has 126 valence electrons. The van der Waals surface area contributed by atoms with Crippen LogP contribution in [0.15, 0.2) is 60.2 Å².